The van der Waals surface area contributed by atoms with Crippen LogP contribution in [0.15, 0.2) is 36.4 Å². The summed E-state index contributed by atoms with van der Waals surface area (Å²) in [5.74, 6) is 0.946. The van der Waals surface area contributed by atoms with Gasteiger partial charge in [-0.3, -0.25) is 9.59 Å². The van der Waals surface area contributed by atoms with Gasteiger partial charge in [-0.1, -0.05) is 6.92 Å². The van der Waals surface area contributed by atoms with Crippen LogP contribution >= 0.6 is 0 Å². The van der Waals surface area contributed by atoms with Crippen LogP contribution in [0.1, 0.15) is 63.2 Å². The molecule has 2 heterocycles. The van der Waals surface area contributed by atoms with Gasteiger partial charge in [0.25, 0.3) is 5.91 Å². The van der Waals surface area contributed by atoms with Gasteiger partial charge in [0.05, 0.1) is 30.4 Å². The highest BCUT2D eigenvalue weighted by atomic mass is 16.7. The second-order valence-electron chi connectivity index (χ2n) is 13.3. The third-order valence-corrected chi connectivity index (χ3v) is 8.77. The number of nitrogens with one attached hydrogen (secondary N) is 2. The minimum absolute atomic E-state index is 0.134. The minimum atomic E-state index is -0.523. The van der Waals surface area contributed by atoms with Crippen molar-refractivity contribution < 1.29 is 38.4 Å². The van der Waals surface area contributed by atoms with Crippen LogP contribution < -0.4 is 24.8 Å². The molecule has 0 spiro atoms. The van der Waals surface area contributed by atoms with Crippen LogP contribution in [0.25, 0.3) is 0 Å². The van der Waals surface area contributed by atoms with Crippen LogP contribution in [0.3, 0.4) is 0 Å². The Hall–Kier alpha value is -4.07. The second-order valence-corrected chi connectivity index (χ2v) is 13.3. The van der Waals surface area contributed by atoms with E-state index in [9.17, 15) is 19.5 Å². The smallest absolute Gasteiger partial charge is 0.321 e. The molecule has 2 aliphatic rings. The number of fused-ring (bicyclic) bond motifs is 2. The molecule has 4 amide bonds. The summed E-state index contributed by atoms with van der Waals surface area (Å²) in [4.78, 5) is 45.5. The number of ether oxygens (including phenoxy) is 4. The zero-order chi connectivity index (χ0) is 35.5. The summed E-state index contributed by atoms with van der Waals surface area (Å²) in [5.41, 5.74) is 1.38. The molecule has 0 radical (unpaired) electrons. The fraction of sp³-hybridized carbons (Fsp3) is 0.583. The minimum Gasteiger partial charge on any atom is -0.490 e. The van der Waals surface area contributed by atoms with Crippen molar-refractivity contribution in [3.05, 3.63) is 42.0 Å². The highest BCUT2D eigenvalue weighted by Crippen LogP contribution is 2.34. The van der Waals surface area contributed by atoms with Crippen molar-refractivity contribution in [1.82, 2.24) is 14.7 Å². The van der Waals surface area contributed by atoms with E-state index in [2.05, 4.69) is 10.6 Å². The van der Waals surface area contributed by atoms with Crippen LogP contribution in [0.5, 0.6) is 17.2 Å². The zero-order valence-corrected chi connectivity index (χ0v) is 29.7. The Morgan fingerprint density at radius 3 is 2.45 bits per heavy atom. The maximum atomic E-state index is 14.3. The summed E-state index contributed by atoms with van der Waals surface area (Å²) in [5, 5.41) is 16.1. The molecule has 49 heavy (non-hydrogen) atoms. The van der Waals surface area contributed by atoms with E-state index < -0.39 is 12.1 Å². The molecule has 0 saturated heterocycles. The Morgan fingerprint density at radius 1 is 1.00 bits per heavy atom. The molecule has 13 heteroatoms. The molecule has 2 aromatic carbocycles. The lowest BCUT2D eigenvalue weighted by Gasteiger charge is -2.35. The fourth-order valence-corrected chi connectivity index (χ4v) is 5.79. The van der Waals surface area contributed by atoms with Gasteiger partial charge in [-0.05, 0) is 90.5 Å². The molecular weight excluding hydrogens is 630 g/mol. The first-order valence-electron chi connectivity index (χ1n) is 17.2. The van der Waals surface area contributed by atoms with E-state index in [4.69, 9.17) is 18.9 Å². The average Bonchev–Trinajstić information content (AvgIpc) is 3.53. The van der Waals surface area contributed by atoms with E-state index in [1.165, 1.54) is 0 Å². The summed E-state index contributed by atoms with van der Waals surface area (Å²) < 4.78 is 23.5. The maximum Gasteiger partial charge on any atom is 0.321 e. The van der Waals surface area contributed by atoms with Crippen molar-refractivity contribution in [3.8, 4) is 17.2 Å². The zero-order valence-electron chi connectivity index (χ0n) is 29.7. The van der Waals surface area contributed by atoms with E-state index in [0.717, 1.165) is 25.8 Å². The maximum absolute atomic E-state index is 14.3. The standard InChI is InChI=1S/C36H53N5O8/c1-24-20-41(25(2)22-42)35(44)29-18-27(37-34(43)11-9-16-39(4)5)12-14-30(29)49-26(3)10-7-8-17-46-33(24)21-40(6)36(45)38-28-13-15-31-32(19-28)48-23-47-31/h12-15,18-19,24-26,33,42H,7-11,16-17,20-23H2,1-6H3,(H,37,43)(H,38,45)/t24-,25+,26+,33+/m1/s1. The molecule has 0 saturated carbocycles. The number of hydrogen-bond acceptors (Lipinski definition) is 9. The molecule has 3 N–H and O–H groups in total. The van der Waals surface area contributed by atoms with Crippen molar-refractivity contribution >= 4 is 29.2 Å². The predicted octanol–water partition coefficient (Wildman–Crippen LogP) is 4.66. The van der Waals surface area contributed by atoms with Crippen molar-refractivity contribution in [2.75, 3.05) is 71.4 Å². The monoisotopic (exact) mass is 683 g/mol. The van der Waals surface area contributed by atoms with Crippen LogP contribution in [0, 0.1) is 5.92 Å². The number of anilines is 2. The number of aliphatic hydroxyl groups is 1. The van der Waals surface area contributed by atoms with Crippen molar-refractivity contribution in [2.45, 2.75) is 71.1 Å². The summed E-state index contributed by atoms with van der Waals surface area (Å²) in [6.07, 6.45) is 2.87. The van der Waals surface area contributed by atoms with E-state index in [1.807, 2.05) is 32.8 Å². The largest absolute Gasteiger partial charge is 0.490 e. The second kappa shape index (κ2) is 18.1. The number of carbonyl (C=O) groups is 3. The number of aliphatic hydroxyl groups excluding tert-OH is 1. The van der Waals surface area contributed by atoms with Crippen LogP contribution in [0.4, 0.5) is 16.2 Å². The van der Waals surface area contributed by atoms with Gasteiger partial charge < -0.3 is 49.4 Å². The van der Waals surface area contributed by atoms with Crippen molar-refractivity contribution in [2.24, 2.45) is 5.92 Å². The number of nitrogens with zero attached hydrogens (tertiary/aromatic N) is 3. The third kappa shape index (κ3) is 11.0. The summed E-state index contributed by atoms with van der Waals surface area (Å²) in [6.45, 7) is 7.42. The SMILES string of the molecule is C[C@@H]1CN([C@@H](C)CO)C(=O)c2cc(NC(=O)CCCN(C)C)ccc2O[C@@H](C)CCCCO[C@H]1CN(C)C(=O)Nc1ccc2c(c1)OCO2. The topological polar surface area (TPSA) is 142 Å². The molecule has 4 rings (SSSR count). The lowest BCUT2D eigenvalue weighted by atomic mass is 10.0. The number of hydrogen-bond donors (Lipinski definition) is 3. The first kappa shape index (κ1) is 37.7. The molecule has 270 valence electrons. The molecular formula is C36H53N5O8. The molecule has 0 fully saturated rings. The Balaban J connectivity index is 1.53. The number of urea groups is 1. The lowest BCUT2D eigenvalue weighted by molar-refractivity contribution is -0.116. The van der Waals surface area contributed by atoms with E-state index >= 15 is 0 Å². The summed E-state index contributed by atoms with van der Waals surface area (Å²) >= 11 is 0. The van der Waals surface area contributed by atoms with Crippen LogP contribution in [-0.4, -0.2) is 117 Å². The van der Waals surface area contributed by atoms with Gasteiger partial charge in [0.15, 0.2) is 11.5 Å². The quantitative estimate of drug-likeness (QED) is 0.326. The number of rotatable bonds is 10. The highest BCUT2D eigenvalue weighted by molar-refractivity contribution is 5.99. The Morgan fingerprint density at radius 2 is 1.71 bits per heavy atom. The van der Waals surface area contributed by atoms with Crippen molar-refractivity contribution in [3.63, 3.8) is 0 Å². The summed E-state index contributed by atoms with van der Waals surface area (Å²) in [6, 6.07) is 9.53. The molecule has 0 unspecified atom stereocenters. The Labute approximate surface area is 289 Å². The van der Waals surface area contributed by atoms with E-state index in [-0.39, 0.29) is 56.4 Å². The van der Waals surface area contributed by atoms with Gasteiger partial charge >= 0.3 is 6.03 Å². The molecule has 13 nitrogen and oxygen atoms in total. The van der Waals surface area contributed by atoms with Crippen molar-refractivity contribution in [1.29, 1.82) is 0 Å². The molecule has 0 aromatic heterocycles. The van der Waals surface area contributed by atoms with E-state index in [1.54, 1.807) is 60.2 Å². The molecule has 4 atom stereocenters. The molecule has 0 aliphatic carbocycles. The number of amides is 4. The first-order chi connectivity index (χ1) is 23.4. The van der Waals surface area contributed by atoms with Gasteiger partial charge in [-0.2, -0.15) is 0 Å². The molecule has 2 aliphatic heterocycles. The highest BCUT2D eigenvalue weighted by Gasteiger charge is 2.31. The van der Waals surface area contributed by atoms with E-state index in [0.29, 0.717) is 53.6 Å². The number of benzene rings is 2. The summed E-state index contributed by atoms with van der Waals surface area (Å²) in [7, 11) is 5.63. The Bertz CT molecular complexity index is 1420. The number of likely N-dealkylation sites (N-methyl/N-ethyl adjacent to an activating group) is 1. The van der Waals surface area contributed by atoms with Gasteiger partial charge in [0.2, 0.25) is 12.7 Å². The van der Waals surface area contributed by atoms with Gasteiger partial charge in [0, 0.05) is 56.5 Å². The van der Waals surface area contributed by atoms with Gasteiger partial charge in [-0.15, -0.1) is 0 Å². The third-order valence-electron chi connectivity index (χ3n) is 8.77. The van der Waals surface area contributed by atoms with Gasteiger partial charge in [-0.25, -0.2) is 4.79 Å². The van der Waals surface area contributed by atoms with Crippen LogP contribution in [0.2, 0.25) is 0 Å². The lowest BCUT2D eigenvalue weighted by Crippen LogP contribution is -2.48. The normalized spacial score (nSPS) is 20.5. The average molecular weight is 684 g/mol. The predicted molar refractivity (Wildman–Crippen MR) is 188 cm³/mol. The van der Waals surface area contributed by atoms with Gasteiger partial charge in [0.1, 0.15) is 5.75 Å². The molecule has 0 bridgehead atoms. The number of carbonyl (C=O) groups excluding carboxylic acids is 3. The Kier molecular flexibility index (Phi) is 13.9. The fourth-order valence-electron chi connectivity index (χ4n) is 5.79. The van der Waals surface area contributed by atoms with Crippen LogP contribution in [-0.2, 0) is 9.53 Å². The first-order valence-corrected chi connectivity index (χ1v) is 17.2. The molecule has 2 aromatic rings.